The van der Waals surface area contributed by atoms with Crippen LogP contribution in [-0.4, -0.2) is 78.1 Å². The van der Waals surface area contributed by atoms with Gasteiger partial charge in [0.25, 0.3) is 5.69 Å². The minimum absolute atomic E-state index is 0.0891. The fraction of sp³-hybridized carbons (Fsp3) is 0.667. The Bertz CT molecular complexity index is 861. The lowest BCUT2D eigenvalue weighted by Gasteiger charge is -2.55. The van der Waals surface area contributed by atoms with E-state index in [0.29, 0.717) is 12.8 Å². The van der Waals surface area contributed by atoms with Crippen molar-refractivity contribution in [2.45, 2.75) is 68.5 Å². The highest BCUT2D eigenvalue weighted by atomic mass is 31.2. The molecule has 0 amide bonds. The fourth-order valence-electron chi connectivity index (χ4n) is 4.42. The first-order chi connectivity index (χ1) is 15.0. The molecule has 2 aliphatic rings. The van der Waals surface area contributed by atoms with E-state index in [0.717, 1.165) is 24.2 Å². The molecule has 14 heteroatoms. The molecule has 2 fully saturated rings. The van der Waals surface area contributed by atoms with Gasteiger partial charge in [0.1, 0.15) is 17.9 Å². The van der Waals surface area contributed by atoms with Crippen molar-refractivity contribution in [3.63, 3.8) is 0 Å². The Morgan fingerprint density at radius 1 is 1.16 bits per heavy atom. The number of ether oxygens (including phenoxy) is 1. The lowest BCUT2D eigenvalue weighted by molar-refractivity contribution is -0.384. The molecule has 1 saturated carbocycles. The predicted octanol–water partition coefficient (Wildman–Crippen LogP) is -0.0292. The van der Waals surface area contributed by atoms with Crippen molar-refractivity contribution in [1.82, 2.24) is 0 Å². The molecule has 1 aromatic carbocycles. The van der Waals surface area contributed by atoms with E-state index in [-0.39, 0.29) is 5.69 Å². The lowest BCUT2D eigenvalue weighted by atomic mass is 9.85. The molecule has 3 rings (SSSR count). The van der Waals surface area contributed by atoms with Crippen molar-refractivity contribution in [2.24, 2.45) is 0 Å². The Morgan fingerprint density at radius 2 is 1.78 bits per heavy atom. The summed E-state index contributed by atoms with van der Waals surface area (Å²) in [6.45, 7) is -0.924. The van der Waals surface area contributed by atoms with Crippen molar-refractivity contribution >= 4 is 19.2 Å². The molecule has 13 nitrogen and oxygen atoms in total. The van der Waals surface area contributed by atoms with Crippen LogP contribution >= 0.6 is 7.82 Å². The maximum atomic E-state index is 11.7. The topological polar surface area (TPSA) is 203 Å². The third-order valence-electron chi connectivity index (χ3n) is 5.88. The van der Waals surface area contributed by atoms with Gasteiger partial charge in [0.05, 0.1) is 11.5 Å². The van der Waals surface area contributed by atoms with E-state index in [9.17, 15) is 35.1 Å². The van der Waals surface area contributed by atoms with Gasteiger partial charge in [-0.2, -0.15) is 0 Å². The van der Waals surface area contributed by atoms with Crippen LogP contribution in [0.2, 0.25) is 0 Å². The zero-order valence-corrected chi connectivity index (χ0v) is 17.9. The van der Waals surface area contributed by atoms with Gasteiger partial charge in [-0.3, -0.25) is 14.6 Å². The molecule has 1 aliphatic heterocycles. The van der Waals surface area contributed by atoms with Crippen LogP contribution in [-0.2, 0) is 13.8 Å². The van der Waals surface area contributed by atoms with Gasteiger partial charge in [0.2, 0.25) is 0 Å². The van der Waals surface area contributed by atoms with Gasteiger partial charge in [0, 0.05) is 12.1 Å². The Labute approximate surface area is 183 Å². The third-order valence-corrected chi connectivity index (χ3v) is 6.36. The number of phosphoric acid groups is 1. The molecule has 1 unspecified atom stereocenters. The number of benzene rings is 1. The van der Waals surface area contributed by atoms with Crippen LogP contribution < -0.4 is 4.90 Å². The number of aliphatic hydroxyl groups excluding tert-OH is 3. The highest BCUT2D eigenvalue weighted by Crippen LogP contribution is 2.44. The van der Waals surface area contributed by atoms with E-state index >= 15 is 0 Å². The smallest absolute Gasteiger partial charge is 0.385 e. The number of nitrogens with zero attached hydrogens (tertiary/aromatic N) is 2. The van der Waals surface area contributed by atoms with E-state index < -0.39 is 61.4 Å². The largest absolute Gasteiger partial charge is 0.469 e. The maximum absolute atomic E-state index is 11.7. The van der Waals surface area contributed by atoms with E-state index in [1.165, 1.54) is 24.3 Å². The third kappa shape index (κ3) is 4.96. The van der Waals surface area contributed by atoms with Crippen LogP contribution in [0.25, 0.3) is 0 Å². The average Bonchev–Trinajstić information content (AvgIpc) is 2.75. The summed E-state index contributed by atoms with van der Waals surface area (Å²) >= 11 is 0. The van der Waals surface area contributed by atoms with Gasteiger partial charge >= 0.3 is 7.82 Å². The predicted molar refractivity (Wildman–Crippen MR) is 108 cm³/mol. The van der Waals surface area contributed by atoms with Crippen LogP contribution in [0, 0.1) is 10.1 Å². The molecule has 1 saturated heterocycles. The summed E-state index contributed by atoms with van der Waals surface area (Å²) in [6, 6.07) is 4.93. The summed E-state index contributed by atoms with van der Waals surface area (Å²) in [4.78, 5) is 30.1. The Balaban J connectivity index is 2.10. The summed E-state index contributed by atoms with van der Waals surface area (Å²) in [7, 11) is -4.98. The molecule has 180 valence electrons. The Hall–Kier alpha value is -1.67. The molecule has 5 atom stereocenters. The van der Waals surface area contributed by atoms with Crippen LogP contribution in [0.5, 0.6) is 0 Å². The lowest BCUT2D eigenvalue weighted by Crippen LogP contribution is -2.76. The van der Waals surface area contributed by atoms with Gasteiger partial charge < -0.3 is 39.8 Å². The van der Waals surface area contributed by atoms with Crippen LogP contribution in [0.3, 0.4) is 0 Å². The first-order valence-electron chi connectivity index (χ1n) is 10.1. The number of para-hydroxylation sites is 2. The second kappa shape index (κ2) is 9.67. The Morgan fingerprint density at radius 3 is 2.38 bits per heavy atom. The molecule has 1 heterocycles. The number of phosphoric ester groups is 1. The van der Waals surface area contributed by atoms with Crippen molar-refractivity contribution in [2.75, 3.05) is 11.5 Å². The summed E-state index contributed by atoms with van der Waals surface area (Å²) < 4.78 is 20.5. The molecule has 32 heavy (non-hydrogen) atoms. The van der Waals surface area contributed by atoms with E-state index in [1.54, 1.807) is 0 Å². The number of aliphatic hydroxyl groups is 4. The number of hydrogen-bond acceptors (Lipinski definition) is 10. The zero-order valence-electron chi connectivity index (χ0n) is 17.0. The van der Waals surface area contributed by atoms with Crippen molar-refractivity contribution in [1.29, 1.82) is 0 Å². The van der Waals surface area contributed by atoms with Crippen LogP contribution in [0.4, 0.5) is 11.4 Å². The minimum Gasteiger partial charge on any atom is -0.385 e. The summed E-state index contributed by atoms with van der Waals surface area (Å²) in [5, 5.41) is 55.3. The summed E-state index contributed by atoms with van der Waals surface area (Å²) in [6.07, 6.45) is -4.62. The summed E-state index contributed by atoms with van der Waals surface area (Å²) in [5.74, 6) is 0. The molecule has 0 aromatic heterocycles. The average molecular weight is 478 g/mol. The van der Waals surface area contributed by atoms with Gasteiger partial charge in [-0.15, -0.1) is 0 Å². The van der Waals surface area contributed by atoms with Crippen molar-refractivity contribution < 1.29 is 49.0 Å². The highest BCUT2D eigenvalue weighted by molar-refractivity contribution is 7.46. The quantitative estimate of drug-likeness (QED) is 0.132. The molecule has 1 aliphatic carbocycles. The van der Waals surface area contributed by atoms with Gasteiger partial charge in [-0.25, -0.2) is 4.57 Å². The van der Waals surface area contributed by atoms with E-state index in [2.05, 4.69) is 4.52 Å². The summed E-state index contributed by atoms with van der Waals surface area (Å²) in [5.41, 5.74) is -3.18. The SMILES string of the molecule is O=[N+]([O-])c1ccccc1N(C1CCCCC1)[C@@]1(O)[C@@H](O)C(O)O[C@H](COP(=O)(O)O)[C@@H]1O. The van der Waals surface area contributed by atoms with Crippen LogP contribution in [0.1, 0.15) is 32.1 Å². The normalized spacial score (nSPS) is 31.9. The number of hydrogen-bond donors (Lipinski definition) is 6. The first-order valence-corrected chi connectivity index (χ1v) is 11.6. The Kier molecular flexibility index (Phi) is 7.55. The zero-order chi connectivity index (χ0) is 23.7. The molecular weight excluding hydrogens is 451 g/mol. The van der Waals surface area contributed by atoms with Crippen molar-refractivity contribution in [3.8, 4) is 0 Å². The van der Waals surface area contributed by atoms with Gasteiger partial charge in [0.15, 0.2) is 18.1 Å². The molecule has 0 bridgehead atoms. The minimum atomic E-state index is -4.98. The second-order valence-electron chi connectivity index (χ2n) is 7.93. The van der Waals surface area contributed by atoms with Gasteiger partial charge in [-0.05, 0) is 18.9 Å². The molecule has 0 spiro atoms. The number of nitro benzene ring substituents is 1. The number of anilines is 1. The molecular formula is C18H27N2O11P. The molecule has 6 N–H and O–H groups in total. The van der Waals surface area contributed by atoms with Crippen molar-refractivity contribution in [3.05, 3.63) is 34.4 Å². The van der Waals surface area contributed by atoms with Gasteiger partial charge in [-0.1, -0.05) is 31.4 Å². The number of rotatable bonds is 7. The monoisotopic (exact) mass is 478 g/mol. The second-order valence-corrected chi connectivity index (χ2v) is 9.17. The first kappa shape index (κ1) is 25.0. The standard InChI is InChI=1S/C18H27N2O11P/c21-15-14(10-30-32(27,28)29)31-17(23)16(22)18(15,24)19(11-6-2-1-3-7-11)12-8-4-5-9-13(12)20(25)26/h4-5,8-9,11,14-17,21-24H,1-3,6-7,10H2,(H2,27,28,29)/t14-,15+,16+,17?,18+/m1/s1. The molecule has 0 radical (unpaired) electrons. The van der Waals surface area contributed by atoms with Crippen LogP contribution in [0.15, 0.2) is 24.3 Å². The van der Waals surface area contributed by atoms with E-state index in [4.69, 9.17) is 14.5 Å². The highest BCUT2D eigenvalue weighted by Gasteiger charge is 2.60. The fourth-order valence-corrected chi connectivity index (χ4v) is 4.76. The molecule has 1 aromatic rings. The number of nitro groups is 1. The van der Waals surface area contributed by atoms with E-state index in [1.807, 2.05) is 0 Å². The maximum Gasteiger partial charge on any atom is 0.469 e.